The second-order valence-electron chi connectivity index (χ2n) is 14.7. The highest BCUT2D eigenvalue weighted by Crippen LogP contribution is 2.33. The molecule has 276 valence electrons. The van der Waals surface area contributed by atoms with Crippen LogP contribution in [0, 0.1) is 23.7 Å². The number of nitrogens with zero attached hydrogens (tertiary/aromatic N) is 2. The second kappa shape index (κ2) is 19.8. The summed E-state index contributed by atoms with van der Waals surface area (Å²) in [6.07, 6.45) is 5.29. The third kappa shape index (κ3) is 12.1. The predicted molar refractivity (Wildman–Crippen MR) is 197 cm³/mol. The summed E-state index contributed by atoms with van der Waals surface area (Å²) in [5, 5.41) is 18.2. The third-order valence-corrected chi connectivity index (χ3v) is 11.3. The number of ketones is 2. The van der Waals surface area contributed by atoms with Gasteiger partial charge in [-0.25, -0.2) is 4.98 Å². The van der Waals surface area contributed by atoms with Gasteiger partial charge in [-0.15, -0.1) is 11.3 Å². The van der Waals surface area contributed by atoms with Gasteiger partial charge in [0.05, 0.1) is 17.0 Å². The molecule has 3 N–H and O–H groups in total. The molecule has 0 spiro atoms. The lowest BCUT2D eigenvalue weighted by Crippen LogP contribution is -2.47. The van der Waals surface area contributed by atoms with Crippen LogP contribution in [-0.2, 0) is 25.6 Å². The number of piperidine rings is 1. The summed E-state index contributed by atoms with van der Waals surface area (Å²) in [7, 11) is 1.81. The van der Waals surface area contributed by atoms with E-state index < -0.39 is 29.8 Å². The van der Waals surface area contributed by atoms with Crippen LogP contribution in [0.1, 0.15) is 120 Å². The van der Waals surface area contributed by atoms with Gasteiger partial charge in [0.25, 0.3) is 5.91 Å². The molecule has 0 saturated carbocycles. The summed E-state index contributed by atoms with van der Waals surface area (Å²) < 4.78 is 0. The van der Waals surface area contributed by atoms with Crippen molar-refractivity contribution in [2.45, 2.75) is 123 Å². The molecule has 0 unspecified atom stereocenters. The number of hydrogen-bond acceptors (Lipinski definition) is 8. The molecule has 3 rings (SSSR count). The molecule has 10 nitrogen and oxygen atoms in total. The lowest BCUT2D eigenvalue weighted by molar-refractivity contribution is -0.142. The second-order valence-corrected chi connectivity index (χ2v) is 15.6. The fourth-order valence-corrected chi connectivity index (χ4v) is 7.89. The van der Waals surface area contributed by atoms with Crippen molar-refractivity contribution >= 4 is 40.7 Å². The molecular weight excluding hydrogens is 653 g/mol. The first-order valence-electron chi connectivity index (χ1n) is 18.3. The number of carbonyl (C=O) groups is 5. The highest BCUT2D eigenvalue weighted by Gasteiger charge is 2.36. The Labute approximate surface area is 302 Å². The quantitative estimate of drug-likeness (QED) is 0.145. The highest BCUT2D eigenvalue weighted by atomic mass is 32.1. The van der Waals surface area contributed by atoms with Crippen molar-refractivity contribution in [1.29, 1.82) is 0 Å². The lowest BCUT2D eigenvalue weighted by atomic mass is 9.82. The molecule has 1 saturated heterocycles. The number of aliphatic carboxylic acids is 1. The number of benzene rings is 1. The van der Waals surface area contributed by atoms with Gasteiger partial charge in [0.15, 0.2) is 5.78 Å². The summed E-state index contributed by atoms with van der Waals surface area (Å²) in [6, 6.07) is 8.78. The van der Waals surface area contributed by atoms with Crippen LogP contribution in [0.5, 0.6) is 0 Å². The first-order chi connectivity index (χ1) is 23.7. The van der Waals surface area contributed by atoms with Crippen LogP contribution < -0.4 is 10.6 Å². The number of aromatic nitrogens is 1. The Balaban J connectivity index is 1.80. The maximum absolute atomic E-state index is 14.2. The molecule has 2 amide bonds. The Bertz CT molecular complexity index is 1420. The summed E-state index contributed by atoms with van der Waals surface area (Å²) in [4.78, 5) is 71.6. The van der Waals surface area contributed by atoms with Gasteiger partial charge in [-0.1, -0.05) is 77.8 Å². The molecule has 2 heterocycles. The van der Waals surface area contributed by atoms with Gasteiger partial charge < -0.3 is 25.4 Å². The molecule has 1 fully saturated rings. The van der Waals surface area contributed by atoms with E-state index in [1.165, 1.54) is 18.3 Å². The van der Waals surface area contributed by atoms with Gasteiger partial charge >= 0.3 is 5.97 Å². The van der Waals surface area contributed by atoms with Crippen molar-refractivity contribution in [3.8, 4) is 0 Å². The Morgan fingerprint density at radius 1 is 1.04 bits per heavy atom. The Kier molecular flexibility index (Phi) is 16.2. The number of amides is 2. The van der Waals surface area contributed by atoms with Gasteiger partial charge in [-0.2, -0.15) is 0 Å². The van der Waals surface area contributed by atoms with Crippen LogP contribution >= 0.6 is 11.3 Å². The predicted octanol–water partition coefficient (Wildman–Crippen LogP) is 6.29. The number of Topliss-reactive ketones (excluding diaryl/α,β-unsaturated/α-hetero) is 2. The first-order valence-corrected chi connectivity index (χ1v) is 19.1. The molecule has 0 aliphatic carbocycles. The Morgan fingerprint density at radius 2 is 1.74 bits per heavy atom. The van der Waals surface area contributed by atoms with Crippen molar-refractivity contribution in [3.63, 3.8) is 0 Å². The standard InChI is InChI=1S/C39H58N4O6S/c1-8-25(4)31(22-35(45)32-16-12-13-17-40-32)38(47)43(7)34(24(2)3)21-29(19-27(6)44)37-42-33(23-50-37)36(46)41-30(18-26(5)39(48)49)20-28-14-10-9-11-15-28/h9-11,14-15,23-26,29-32,34,40H,8,12-13,16-22H2,1-7H3,(H,41,46)(H,48,49)/t25-,26-,29+,30+,31-,32+,34+/m0/s1. The molecule has 50 heavy (non-hydrogen) atoms. The fraction of sp³-hybridized carbons (Fsp3) is 0.641. The van der Waals surface area contributed by atoms with Crippen LogP contribution in [0.4, 0.5) is 0 Å². The number of carboxylic acids is 1. The van der Waals surface area contributed by atoms with Crippen molar-refractivity contribution in [2.24, 2.45) is 23.7 Å². The Morgan fingerprint density at radius 3 is 2.32 bits per heavy atom. The number of hydrogen-bond donors (Lipinski definition) is 3. The van der Waals surface area contributed by atoms with Gasteiger partial charge in [0, 0.05) is 49.2 Å². The summed E-state index contributed by atoms with van der Waals surface area (Å²) in [5.41, 5.74) is 1.21. The number of carboxylic acid groups (broad SMARTS) is 1. The van der Waals surface area contributed by atoms with E-state index in [2.05, 4.69) is 24.5 Å². The van der Waals surface area contributed by atoms with Crippen molar-refractivity contribution in [3.05, 3.63) is 52.0 Å². The lowest BCUT2D eigenvalue weighted by Gasteiger charge is -2.37. The van der Waals surface area contributed by atoms with E-state index in [1.807, 2.05) is 51.2 Å². The number of thiazole rings is 1. The largest absolute Gasteiger partial charge is 0.481 e. The summed E-state index contributed by atoms with van der Waals surface area (Å²) >= 11 is 1.32. The SMILES string of the molecule is CC[C@H](C)[C@H](CC(=O)[C@H]1CCCCN1)C(=O)N(C)[C@H](C[C@@H](CC(C)=O)c1nc(C(=O)N[C@@H](Cc2ccccc2)C[C@H](C)C(=O)O)cs1)C(C)C. The van der Waals surface area contributed by atoms with E-state index in [1.54, 1.807) is 17.2 Å². The molecule has 0 radical (unpaired) electrons. The van der Waals surface area contributed by atoms with Crippen LogP contribution in [0.25, 0.3) is 0 Å². The average molecular weight is 711 g/mol. The molecule has 1 aliphatic heterocycles. The monoisotopic (exact) mass is 710 g/mol. The van der Waals surface area contributed by atoms with Crippen LogP contribution in [0.2, 0.25) is 0 Å². The van der Waals surface area contributed by atoms with E-state index in [9.17, 15) is 29.1 Å². The number of nitrogens with one attached hydrogen (secondary N) is 2. The highest BCUT2D eigenvalue weighted by molar-refractivity contribution is 7.10. The Hall–Kier alpha value is -3.44. The molecule has 2 aromatic rings. The minimum absolute atomic E-state index is 0.0127. The summed E-state index contributed by atoms with van der Waals surface area (Å²) in [6.45, 7) is 12.2. The summed E-state index contributed by atoms with van der Waals surface area (Å²) in [5.74, 6) is -2.59. The van der Waals surface area contributed by atoms with E-state index in [0.717, 1.165) is 37.8 Å². The van der Waals surface area contributed by atoms with E-state index in [0.29, 0.717) is 17.8 Å². The number of rotatable bonds is 20. The van der Waals surface area contributed by atoms with Crippen molar-refractivity contribution in [1.82, 2.24) is 20.5 Å². The molecule has 0 bridgehead atoms. The van der Waals surface area contributed by atoms with Crippen LogP contribution in [0.3, 0.4) is 0 Å². The minimum Gasteiger partial charge on any atom is -0.481 e. The van der Waals surface area contributed by atoms with E-state index in [4.69, 9.17) is 4.98 Å². The molecule has 1 aromatic carbocycles. The average Bonchev–Trinajstić information content (AvgIpc) is 3.59. The maximum Gasteiger partial charge on any atom is 0.306 e. The zero-order chi connectivity index (χ0) is 37.0. The van der Waals surface area contributed by atoms with E-state index >= 15 is 0 Å². The zero-order valence-corrected chi connectivity index (χ0v) is 31.8. The van der Waals surface area contributed by atoms with Gasteiger partial charge in [0.2, 0.25) is 5.91 Å². The van der Waals surface area contributed by atoms with E-state index in [-0.39, 0.29) is 72.3 Å². The smallest absolute Gasteiger partial charge is 0.306 e. The van der Waals surface area contributed by atoms with Gasteiger partial charge in [-0.3, -0.25) is 19.2 Å². The molecule has 11 heteroatoms. The normalized spacial score (nSPS) is 18.4. The van der Waals surface area contributed by atoms with Crippen molar-refractivity contribution in [2.75, 3.05) is 13.6 Å². The number of carbonyl (C=O) groups excluding carboxylic acids is 4. The molecular formula is C39H58N4O6S. The van der Waals surface area contributed by atoms with Crippen molar-refractivity contribution < 1.29 is 29.1 Å². The van der Waals surface area contributed by atoms with Gasteiger partial charge in [-0.05, 0) is 63.0 Å². The maximum atomic E-state index is 14.2. The molecule has 7 atom stereocenters. The molecule has 1 aliphatic rings. The first kappa shape index (κ1) is 41.0. The van der Waals surface area contributed by atoms with Gasteiger partial charge in [0.1, 0.15) is 11.5 Å². The van der Waals surface area contributed by atoms with Crippen LogP contribution in [-0.4, -0.2) is 76.1 Å². The topological polar surface area (TPSA) is 146 Å². The molecule has 1 aromatic heterocycles. The zero-order valence-electron chi connectivity index (χ0n) is 30.9. The minimum atomic E-state index is -0.924. The third-order valence-electron chi connectivity index (χ3n) is 10.3. The fourth-order valence-electron chi connectivity index (χ4n) is 6.97. The van der Waals surface area contributed by atoms with Crippen LogP contribution in [0.15, 0.2) is 35.7 Å².